The van der Waals surface area contributed by atoms with Crippen LogP contribution in [0.1, 0.15) is 31.4 Å². The first-order valence-corrected chi connectivity index (χ1v) is 5.63. The van der Waals surface area contributed by atoms with E-state index >= 15 is 0 Å². The lowest BCUT2D eigenvalue weighted by atomic mass is 10.1. The summed E-state index contributed by atoms with van der Waals surface area (Å²) in [5.74, 6) is -0.237. The van der Waals surface area contributed by atoms with Gasteiger partial charge in [-0.15, -0.1) is 0 Å². The quantitative estimate of drug-likeness (QED) is 0.828. The van der Waals surface area contributed by atoms with Crippen LogP contribution in [0.25, 0.3) is 11.0 Å². The van der Waals surface area contributed by atoms with Gasteiger partial charge in [0.05, 0.1) is 11.0 Å². The first-order chi connectivity index (χ1) is 7.70. The number of rotatable bonds is 2. The van der Waals surface area contributed by atoms with Gasteiger partial charge >= 0.3 is 5.69 Å². The highest BCUT2D eigenvalue weighted by atomic mass is 19.1. The molecule has 0 saturated heterocycles. The average Bonchev–Trinajstić information content (AvgIpc) is 3.01. The summed E-state index contributed by atoms with van der Waals surface area (Å²) in [6.07, 6.45) is 2.74. The van der Waals surface area contributed by atoms with E-state index < -0.39 is 0 Å². The molecule has 3 rings (SSSR count). The second-order valence-electron chi connectivity index (χ2n) is 4.35. The molecule has 0 spiro atoms. The van der Waals surface area contributed by atoms with Gasteiger partial charge in [-0.1, -0.05) is 6.92 Å². The van der Waals surface area contributed by atoms with Crippen molar-refractivity contribution in [2.24, 2.45) is 0 Å². The van der Waals surface area contributed by atoms with Gasteiger partial charge in [0.15, 0.2) is 0 Å². The Hall–Kier alpha value is -1.58. The maximum atomic E-state index is 13.5. The average molecular weight is 220 g/mol. The molecule has 16 heavy (non-hydrogen) atoms. The zero-order chi connectivity index (χ0) is 11.3. The van der Waals surface area contributed by atoms with Crippen LogP contribution in [0.15, 0.2) is 16.9 Å². The molecule has 1 fully saturated rings. The zero-order valence-electron chi connectivity index (χ0n) is 9.09. The Kier molecular flexibility index (Phi) is 1.93. The van der Waals surface area contributed by atoms with E-state index in [0.717, 1.165) is 18.4 Å². The standard InChI is InChI=1S/C12H13FN2O/c1-2-7-5-11-10(6-9(7)13)14-12(16)15(11)8-3-4-8/h5-6,8H,2-4H2,1H3,(H,14,16). The monoisotopic (exact) mass is 220 g/mol. The summed E-state index contributed by atoms with van der Waals surface area (Å²) in [5.41, 5.74) is 1.99. The predicted molar refractivity (Wildman–Crippen MR) is 60.2 cm³/mol. The minimum absolute atomic E-state index is 0.120. The van der Waals surface area contributed by atoms with Gasteiger partial charge in [0.2, 0.25) is 0 Å². The van der Waals surface area contributed by atoms with Crippen LogP contribution in [0, 0.1) is 5.82 Å². The van der Waals surface area contributed by atoms with Gasteiger partial charge in [0.1, 0.15) is 5.82 Å². The molecule has 84 valence electrons. The lowest BCUT2D eigenvalue weighted by Crippen LogP contribution is -2.15. The van der Waals surface area contributed by atoms with E-state index in [1.165, 1.54) is 6.07 Å². The number of nitrogens with one attached hydrogen (secondary N) is 1. The topological polar surface area (TPSA) is 37.8 Å². The molecule has 1 aromatic heterocycles. The summed E-state index contributed by atoms with van der Waals surface area (Å²) in [7, 11) is 0. The van der Waals surface area contributed by atoms with Crippen molar-refractivity contribution in [3.8, 4) is 0 Å². The highest BCUT2D eigenvalue weighted by Crippen LogP contribution is 2.36. The Morgan fingerprint density at radius 2 is 2.25 bits per heavy atom. The molecule has 1 N–H and O–H groups in total. The van der Waals surface area contributed by atoms with Gasteiger partial charge in [0.25, 0.3) is 0 Å². The van der Waals surface area contributed by atoms with E-state index in [2.05, 4.69) is 4.98 Å². The molecule has 0 aliphatic heterocycles. The summed E-state index contributed by atoms with van der Waals surface area (Å²) in [5, 5.41) is 0. The Morgan fingerprint density at radius 3 is 2.88 bits per heavy atom. The fourth-order valence-electron chi connectivity index (χ4n) is 2.16. The van der Waals surface area contributed by atoms with Gasteiger partial charge in [0, 0.05) is 6.04 Å². The van der Waals surface area contributed by atoms with E-state index in [9.17, 15) is 9.18 Å². The Morgan fingerprint density at radius 1 is 1.50 bits per heavy atom. The SMILES string of the molecule is CCc1cc2c(cc1F)[nH]c(=O)n2C1CC1. The predicted octanol–water partition coefficient (Wildman–Crippen LogP) is 2.37. The summed E-state index contributed by atoms with van der Waals surface area (Å²) in [6, 6.07) is 3.53. The number of aryl methyl sites for hydroxylation is 1. The third-order valence-corrected chi connectivity index (χ3v) is 3.18. The molecule has 1 aromatic carbocycles. The largest absolute Gasteiger partial charge is 0.326 e. The molecule has 4 heteroatoms. The minimum Gasteiger partial charge on any atom is -0.305 e. The smallest absolute Gasteiger partial charge is 0.305 e. The molecule has 1 aliphatic rings. The van der Waals surface area contributed by atoms with E-state index in [1.807, 2.05) is 6.92 Å². The second-order valence-corrected chi connectivity index (χ2v) is 4.35. The van der Waals surface area contributed by atoms with Crippen LogP contribution in [0.4, 0.5) is 4.39 Å². The Balaban J connectivity index is 2.33. The highest BCUT2D eigenvalue weighted by molar-refractivity contribution is 5.76. The molecule has 0 amide bonds. The van der Waals surface area contributed by atoms with Crippen LogP contribution in [0.5, 0.6) is 0 Å². The van der Waals surface area contributed by atoms with Gasteiger partial charge in [-0.2, -0.15) is 0 Å². The van der Waals surface area contributed by atoms with Gasteiger partial charge in [-0.05, 0) is 37.0 Å². The fourth-order valence-corrected chi connectivity index (χ4v) is 2.16. The van der Waals surface area contributed by atoms with E-state index in [1.54, 1.807) is 10.6 Å². The normalized spacial score (nSPS) is 15.9. The number of benzene rings is 1. The first-order valence-electron chi connectivity index (χ1n) is 5.63. The van der Waals surface area contributed by atoms with E-state index in [0.29, 0.717) is 23.5 Å². The lowest BCUT2D eigenvalue weighted by Gasteiger charge is -2.03. The molecule has 0 bridgehead atoms. The summed E-state index contributed by atoms with van der Waals surface area (Å²) in [4.78, 5) is 14.4. The molecule has 1 heterocycles. The number of fused-ring (bicyclic) bond motifs is 1. The Bertz CT molecular complexity index is 607. The molecule has 0 radical (unpaired) electrons. The third kappa shape index (κ3) is 1.29. The second kappa shape index (κ2) is 3.20. The summed E-state index contributed by atoms with van der Waals surface area (Å²) in [6.45, 7) is 1.91. The van der Waals surface area contributed by atoms with Gasteiger partial charge in [-0.3, -0.25) is 4.57 Å². The number of hydrogen-bond acceptors (Lipinski definition) is 1. The highest BCUT2D eigenvalue weighted by Gasteiger charge is 2.27. The zero-order valence-corrected chi connectivity index (χ0v) is 9.09. The number of nitrogens with zero attached hydrogens (tertiary/aromatic N) is 1. The summed E-state index contributed by atoms with van der Waals surface area (Å²) < 4.78 is 15.3. The number of aromatic nitrogens is 2. The molecule has 0 unspecified atom stereocenters. The van der Waals surface area contributed by atoms with Gasteiger partial charge in [-0.25, -0.2) is 9.18 Å². The number of hydrogen-bond donors (Lipinski definition) is 1. The number of imidazole rings is 1. The molecular weight excluding hydrogens is 207 g/mol. The van der Waals surface area contributed by atoms with Crippen molar-refractivity contribution in [3.05, 3.63) is 34.0 Å². The van der Waals surface area contributed by atoms with Crippen molar-refractivity contribution in [2.45, 2.75) is 32.2 Å². The van der Waals surface area contributed by atoms with Crippen molar-refractivity contribution in [2.75, 3.05) is 0 Å². The molecule has 3 nitrogen and oxygen atoms in total. The van der Waals surface area contributed by atoms with Crippen LogP contribution < -0.4 is 5.69 Å². The van der Waals surface area contributed by atoms with Crippen molar-refractivity contribution in [1.29, 1.82) is 0 Å². The molecule has 0 atom stereocenters. The van der Waals surface area contributed by atoms with Crippen molar-refractivity contribution >= 4 is 11.0 Å². The van der Waals surface area contributed by atoms with Crippen molar-refractivity contribution in [1.82, 2.24) is 9.55 Å². The molecule has 2 aromatic rings. The Labute approximate surface area is 91.9 Å². The minimum atomic E-state index is -0.237. The number of halogens is 1. The lowest BCUT2D eigenvalue weighted by molar-refractivity contribution is 0.613. The maximum Gasteiger partial charge on any atom is 0.326 e. The van der Waals surface area contributed by atoms with E-state index in [-0.39, 0.29) is 11.5 Å². The number of aromatic amines is 1. The molecule has 1 aliphatic carbocycles. The van der Waals surface area contributed by atoms with Crippen LogP contribution >= 0.6 is 0 Å². The van der Waals surface area contributed by atoms with Crippen molar-refractivity contribution < 1.29 is 4.39 Å². The maximum absolute atomic E-state index is 13.5. The van der Waals surface area contributed by atoms with Crippen molar-refractivity contribution in [3.63, 3.8) is 0 Å². The van der Waals surface area contributed by atoms with Gasteiger partial charge < -0.3 is 4.98 Å². The van der Waals surface area contributed by atoms with Crippen LogP contribution in [0.3, 0.4) is 0 Å². The molecular formula is C12H13FN2O. The fraction of sp³-hybridized carbons (Fsp3) is 0.417. The number of H-pyrrole nitrogens is 1. The summed E-state index contributed by atoms with van der Waals surface area (Å²) >= 11 is 0. The first kappa shape index (κ1) is 9.63. The molecule has 1 saturated carbocycles. The van der Waals surface area contributed by atoms with E-state index in [4.69, 9.17) is 0 Å². The van der Waals surface area contributed by atoms with Crippen LogP contribution in [-0.4, -0.2) is 9.55 Å². The van der Waals surface area contributed by atoms with Crippen LogP contribution in [0.2, 0.25) is 0 Å². The third-order valence-electron chi connectivity index (χ3n) is 3.18. The van der Waals surface area contributed by atoms with Crippen LogP contribution in [-0.2, 0) is 6.42 Å².